The number of carbonyl (C=O) groups excluding carboxylic acids is 2. The van der Waals surface area contributed by atoms with Crippen molar-refractivity contribution in [1.82, 2.24) is 0 Å². The topological polar surface area (TPSA) is 73.9 Å². The molecule has 120 valence electrons. The number of rotatable bonds is 6. The van der Waals surface area contributed by atoms with Crippen molar-refractivity contribution in [2.75, 3.05) is 26.1 Å². The van der Waals surface area contributed by atoms with E-state index in [-0.39, 0.29) is 12.5 Å². The Morgan fingerprint density at radius 1 is 1.00 bits per heavy atom. The molecule has 23 heavy (non-hydrogen) atoms. The van der Waals surface area contributed by atoms with Gasteiger partial charge >= 0.3 is 5.97 Å². The Balaban J connectivity index is 1.90. The van der Waals surface area contributed by atoms with Crippen LogP contribution in [0, 0.1) is 0 Å². The van der Waals surface area contributed by atoms with E-state index in [9.17, 15) is 9.59 Å². The van der Waals surface area contributed by atoms with Gasteiger partial charge in [-0.15, -0.1) is 0 Å². The standard InChI is InChI=1S/C17H17NO5/c1-21-14-6-8-15(9-7-14)23-11-16(19)18-13-5-3-4-12(10-13)17(20)22-2/h3-10H,11H2,1-2H3,(H,18,19). The number of hydrogen-bond acceptors (Lipinski definition) is 5. The van der Waals surface area contributed by atoms with Crippen molar-refractivity contribution in [1.29, 1.82) is 0 Å². The predicted molar refractivity (Wildman–Crippen MR) is 84.9 cm³/mol. The van der Waals surface area contributed by atoms with Crippen LogP contribution in [-0.2, 0) is 9.53 Å². The van der Waals surface area contributed by atoms with Gasteiger partial charge in [0.15, 0.2) is 6.61 Å². The molecule has 2 aromatic rings. The molecule has 6 heteroatoms. The van der Waals surface area contributed by atoms with Crippen molar-refractivity contribution in [2.24, 2.45) is 0 Å². The van der Waals surface area contributed by atoms with Crippen molar-refractivity contribution in [3.63, 3.8) is 0 Å². The third-order valence-electron chi connectivity index (χ3n) is 3.00. The van der Waals surface area contributed by atoms with Crippen molar-refractivity contribution in [3.05, 3.63) is 54.1 Å². The number of carbonyl (C=O) groups is 2. The summed E-state index contributed by atoms with van der Waals surface area (Å²) in [6, 6.07) is 13.4. The van der Waals surface area contributed by atoms with Gasteiger partial charge in [-0.05, 0) is 42.5 Å². The van der Waals surface area contributed by atoms with E-state index in [0.29, 0.717) is 22.7 Å². The SMILES string of the molecule is COC(=O)c1cccc(NC(=O)COc2ccc(OC)cc2)c1. The second-order valence-electron chi connectivity index (χ2n) is 4.58. The molecule has 0 bridgehead atoms. The van der Waals surface area contributed by atoms with E-state index in [2.05, 4.69) is 10.1 Å². The molecule has 2 rings (SSSR count). The zero-order valence-corrected chi connectivity index (χ0v) is 12.9. The van der Waals surface area contributed by atoms with Crippen LogP contribution in [-0.4, -0.2) is 32.7 Å². The monoisotopic (exact) mass is 315 g/mol. The number of amides is 1. The maximum Gasteiger partial charge on any atom is 0.337 e. The first-order chi connectivity index (χ1) is 11.1. The van der Waals surface area contributed by atoms with Crippen molar-refractivity contribution < 1.29 is 23.8 Å². The Kier molecular flexibility index (Phi) is 5.57. The molecule has 0 aromatic heterocycles. The number of anilines is 1. The van der Waals surface area contributed by atoms with Crippen molar-refractivity contribution >= 4 is 17.6 Å². The fraction of sp³-hybridized carbons (Fsp3) is 0.176. The average Bonchev–Trinajstić information content (AvgIpc) is 2.60. The van der Waals surface area contributed by atoms with E-state index in [4.69, 9.17) is 9.47 Å². The van der Waals surface area contributed by atoms with Crippen LogP contribution < -0.4 is 14.8 Å². The molecule has 0 heterocycles. The fourth-order valence-electron chi connectivity index (χ4n) is 1.86. The van der Waals surface area contributed by atoms with Crippen LogP contribution in [0.5, 0.6) is 11.5 Å². The zero-order chi connectivity index (χ0) is 16.7. The summed E-state index contributed by atoms with van der Waals surface area (Å²) in [5.41, 5.74) is 0.859. The van der Waals surface area contributed by atoms with Gasteiger partial charge in [0, 0.05) is 5.69 Å². The second-order valence-corrected chi connectivity index (χ2v) is 4.58. The van der Waals surface area contributed by atoms with Crippen LogP contribution in [0.2, 0.25) is 0 Å². The van der Waals surface area contributed by atoms with Gasteiger partial charge in [-0.25, -0.2) is 4.79 Å². The van der Waals surface area contributed by atoms with Crippen LogP contribution in [0.1, 0.15) is 10.4 Å². The van der Waals surface area contributed by atoms with Crippen LogP contribution in [0.4, 0.5) is 5.69 Å². The Bertz CT molecular complexity index is 682. The number of hydrogen-bond donors (Lipinski definition) is 1. The summed E-state index contributed by atoms with van der Waals surface area (Å²) in [6.07, 6.45) is 0. The van der Waals surface area contributed by atoms with Gasteiger partial charge in [-0.1, -0.05) is 6.07 Å². The lowest BCUT2D eigenvalue weighted by Gasteiger charge is -2.09. The lowest BCUT2D eigenvalue weighted by Crippen LogP contribution is -2.20. The highest BCUT2D eigenvalue weighted by atomic mass is 16.5. The normalized spacial score (nSPS) is 9.83. The Morgan fingerprint density at radius 2 is 1.70 bits per heavy atom. The molecule has 1 N–H and O–H groups in total. The largest absolute Gasteiger partial charge is 0.497 e. The minimum atomic E-state index is -0.462. The lowest BCUT2D eigenvalue weighted by molar-refractivity contribution is -0.118. The molecule has 0 aliphatic rings. The van der Waals surface area contributed by atoms with E-state index in [1.807, 2.05) is 0 Å². The van der Waals surface area contributed by atoms with Gasteiger partial charge in [-0.2, -0.15) is 0 Å². The summed E-state index contributed by atoms with van der Waals surface area (Å²) in [6.45, 7) is -0.144. The van der Waals surface area contributed by atoms with E-state index >= 15 is 0 Å². The number of benzene rings is 2. The molecule has 1 amide bonds. The molecule has 0 aliphatic carbocycles. The van der Waals surface area contributed by atoms with Crippen molar-refractivity contribution in [2.45, 2.75) is 0 Å². The molecule has 0 atom stereocenters. The lowest BCUT2D eigenvalue weighted by atomic mass is 10.2. The highest BCUT2D eigenvalue weighted by molar-refractivity contribution is 5.95. The minimum Gasteiger partial charge on any atom is -0.497 e. The molecule has 6 nitrogen and oxygen atoms in total. The molecule has 0 saturated heterocycles. The number of ether oxygens (including phenoxy) is 3. The molecule has 0 spiro atoms. The molecule has 0 fully saturated rings. The Labute approximate surface area is 134 Å². The minimum absolute atomic E-state index is 0.144. The molecule has 0 radical (unpaired) electrons. The molecule has 0 saturated carbocycles. The third-order valence-corrected chi connectivity index (χ3v) is 3.00. The number of methoxy groups -OCH3 is 2. The molecule has 0 aliphatic heterocycles. The quantitative estimate of drug-likeness (QED) is 0.829. The van der Waals surface area contributed by atoms with E-state index < -0.39 is 5.97 Å². The van der Waals surface area contributed by atoms with Gasteiger partial charge in [0.2, 0.25) is 0 Å². The van der Waals surface area contributed by atoms with E-state index in [1.54, 1.807) is 49.6 Å². The summed E-state index contributed by atoms with van der Waals surface area (Å²) < 4.78 is 15.1. The average molecular weight is 315 g/mol. The number of esters is 1. The Morgan fingerprint density at radius 3 is 2.35 bits per heavy atom. The highest BCUT2D eigenvalue weighted by Crippen LogP contribution is 2.17. The van der Waals surface area contributed by atoms with Crippen LogP contribution >= 0.6 is 0 Å². The summed E-state index contributed by atoms with van der Waals surface area (Å²) >= 11 is 0. The smallest absolute Gasteiger partial charge is 0.337 e. The molecular formula is C17H17NO5. The summed E-state index contributed by atoms with van der Waals surface area (Å²) in [5, 5.41) is 2.66. The third kappa shape index (κ3) is 4.74. The maximum absolute atomic E-state index is 11.9. The first kappa shape index (κ1) is 16.4. The Hall–Kier alpha value is -3.02. The van der Waals surface area contributed by atoms with Gasteiger partial charge in [0.05, 0.1) is 19.8 Å². The number of nitrogens with one attached hydrogen (secondary N) is 1. The van der Waals surface area contributed by atoms with E-state index in [0.717, 1.165) is 0 Å². The van der Waals surface area contributed by atoms with E-state index in [1.165, 1.54) is 13.2 Å². The molecule has 0 unspecified atom stereocenters. The maximum atomic E-state index is 11.9. The molecular weight excluding hydrogens is 298 g/mol. The van der Waals surface area contributed by atoms with Crippen LogP contribution in [0.3, 0.4) is 0 Å². The first-order valence-corrected chi connectivity index (χ1v) is 6.87. The molecule has 2 aromatic carbocycles. The van der Waals surface area contributed by atoms with Gasteiger partial charge in [-0.3, -0.25) is 4.79 Å². The van der Waals surface area contributed by atoms with Crippen LogP contribution in [0.25, 0.3) is 0 Å². The summed E-state index contributed by atoms with van der Waals surface area (Å²) in [4.78, 5) is 23.3. The van der Waals surface area contributed by atoms with Gasteiger partial charge in [0.25, 0.3) is 5.91 Å². The predicted octanol–water partition coefficient (Wildman–Crippen LogP) is 2.50. The fourth-order valence-corrected chi connectivity index (χ4v) is 1.86. The zero-order valence-electron chi connectivity index (χ0n) is 12.9. The van der Waals surface area contributed by atoms with Crippen LogP contribution in [0.15, 0.2) is 48.5 Å². The summed E-state index contributed by atoms with van der Waals surface area (Å²) in [5.74, 6) is 0.476. The summed E-state index contributed by atoms with van der Waals surface area (Å²) in [7, 11) is 2.88. The van der Waals surface area contributed by atoms with Crippen molar-refractivity contribution in [3.8, 4) is 11.5 Å². The van der Waals surface area contributed by atoms with Gasteiger partial charge < -0.3 is 19.5 Å². The second kappa shape index (κ2) is 7.84. The first-order valence-electron chi connectivity index (χ1n) is 6.87. The highest BCUT2D eigenvalue weighted by Gasteiger charge is 2.08. The van der Waals surface area contributed by atoms with Gasteiger partial charge in [0.1, 0.15) is 11.5 Å².